The average Bonchev–Trinajstić information content (AvgIpc) is 2.31. The van der Waals surface area contributed by atoms with Crippen molar-refractivity contribution in [2.45, 2.75) is 45.1 Å². The number of benzene rings is 1. The van der Waals surface area contributed by atoms with Gasteiger partial charge >= 0.3 is 0 Å². The Bertz CT molecular complexity index is 413. The summed E-state index contributed by atoms with van der Waals surface area (Å²) >= 11 is 12.3. The normalized spacial score (nSPS) is 26.6. The quantitative estimate of drug-likeness (QED) is 0.850. The second-order valence-corrected chi connectivity index (χ2v) is 5.75. The minimum atomic E-state index is -0.211. The molecule has 1 aromatic rings. The molecule has 1 N–H and O–H groups in total. The van der Waals surface area contributed by atoms with E-state index >= 15 is 0 Å². The first kappa shape index (κ1) is 13.2. The van der Waals surface area contributed by atoms with Crippen molar-refractivity contribution in [1.82, 2.24) is 0 Å². The molecule has 94 valence electrons. The van der Waals surface area contributed by atoms with Gasteiger partial charge in [0.1, 0.15) is 0 Å². The van der Waals surface area contributed by atoms with Crippen LogP contribution < -0.4 is 0 Å². The molecule has 1 saturated carbocycles. The zero-order valence-electron chi connectivity index (χ0n) is 10.2. The smallest absolute Gasteiger partial charge is 0.0608 e. The largest absolute Gasteiger partial charge is 0.393 e. The van der Waals surface area contributed by atoms with Gasteiger partial charge in [-0.1, -0.05) is 37.0 Å². The first-order valence-electron chi connectivity index (χ1n) is 6.18. The van der Waals surface area contributed by atoms with Gasteiger partial charge < -0.3 is 5.11 Å². The van der Waals surface area contributed by atoms with E-state index in [1.54, 1.807) is 0 Å². The summed E-state index contributed by atoms with van der Waals surface area (Å²) in [6.45, 7) is 4.27. The van der Waals surface area contributed by atoms with E-state index in [-0.39, 0.29) is 11.5 Å². The second kappa shape index (κ2) is 4.79. The Labute approximate surface area is 113 Å². The van der Waals surface area contributed by atoms with Gasteiger partial charge in [-0.05, 0) is 48.9 Å². The molecule has 0 radical (unpaired) electrons. The van der Waals surface area contributed by atoms with Crippen LogP contribution in [0.4, 0.5) is 0 Å². The minimum Gasteiger partial charge on any atom is -0.393 e. The van der Waals surface area contributed by atoms with Crippen LogP contribution in [0, 0.1) is 5.41 Å². The molecule has 1 aliphatic rings. The molecule has 0 amide bonds. The lowest BCUT2D eigenvalue weighted by atomic mass is 9.53. The van der Waals surface area contributed by atoms with Crippen molar-refractivity contribution in [2.75, 3.05) is 0 Å². The highest BCUT2D eigenvalue weighted by Crippen LogP contribution is 2.58. The first-order chi connectivity index (χ1) is 8.05. The highest BCUT2D eigenvalue weighted by atomic mass is 35.5. The second-order valence-electron chi connectivity index (χ2n) is 4.91. The maximum Gasteiger partial charge on any atom is 0.0608 e. The number of rotatable bonds is 3. The fourth-order valence-electron chi connectivity index (χ4n) is 3.20. The summed E-state index contributed by atoms with van der Waals surface area (Å²) in [6, 6.07) is 5.60. The van der Waals surface area contributed by atoms with Crippen molar-refractivity contribution in [2.24, 2.45) is 5.41 Å². The zero-order valence-corrected chi connectivity index (χ0v) is 11.7. The highest BCUT2D eigenvalue weighted by Gasteiger charge is 2.52. The van der Waals surface area contributed by atoms with Crippen LogP contribution in [-0.2, 0) is 0 Å². The van der Waals surface area contributed by atoms with E-state index in [0.29, 0.717) is 10.9 Å². The molecule has 0 aromatic heterocycles. The Kier molecular flexibility index (Phi) is 3.72. The van der Waals surface area contributed by atoms with E-state index in [2.05, 4.69) is 13.8 Å². The van der Waals surface area contributed by atoms with Crippen LogP contribution in [0.3, 0.4) is 0 Å². The Hall–Kier alpha value is -0.240. The third-order valence-electron chi connectivity index (χ3n) is 4.47. The van der Waals surface area contributed by atoms with Crippen LogP contribution in [-0.4, -0.2) is 11.2 Å². The summed E-state index contributed by atoms with van der Waals surface area (Å²) in [4.78, 5) is 0. The Morgan fingerprint density at radius 3 is 2.47 bits per heavy atom. The molecule has 0 heterocycles. The van der Waals surface area contributed by atoms with Gasteiger partial charge in [-0.15, -0.1) is 0 Å². The zero-order chi connectivity index (χ0) is 12.6. The molecule has 3 heteroatoms. The third-order valence-corrected chi connectivity index (χ3v) is 5.05. The topological polar surface area (TPSA) is 20.2 Å². The van der Waals surface area contributed by atoms with Crippen LogP contribution in [0.1, 0.15) is 44.6 Å². The molecule has 2 rings (SSSR count). The van der Waals surface area contributed by atoms with Crippen LogP contribution in [0.5, 0.6) is 0 Å². The van der Waals surface area contributed by atoms with Gasteiger partial charge in [0.05, 0.1) is 6.10 Å². The molecule has 17 heavy (non-hydrogen) atoms. The summed E-state index contributed by atoms with van der Waals surface area (Å²) in [5.74, 6) is 0.332. The molecule has 2 atom stereocenters. The monoisotopic (exact) mass is 272 g/mol. The molecule has 2 unspecified atom stereocenters. The molecule has 0 spiro atoms. The van der Waals surface area contributed by atoms with E-state index in [4.69, 9.17) is 23.2 Å². The first-order valence-corrected chi connectivity index (χ1v) is 6.93. The molecular weight excluding hydrogens is 255 g/mol. The maximum absolute atomic E-state index is 10.1. The van der Waals surface area contributed by atoms with Crippen LogP contribution in [0.15, 0.2) is 18.2 Å². The predicted molar refractivity (Wildman–Crippen MR) is 72.8 cm³/mol. The average molecular weight is 273 g/mol. The van der Waals surface area contributed by atoms with Crippen molar-refractivity contribution < 1.29 is 5.11 Å². The van der Waals surface area contributed by atoms with Gasteiger partial charge in [-0.3, -0.25) is 0 Å². The van der Waals surface area contributed by atoms with Gasteiger partial charge in [0.25, 0.3) is 0 Å². The number of hydrogen-bond donors (Lipinski definition) is 1. The standard InChI is InChI=1S/C14H18Cl2O/c1-3-14(4-2)11(8-13(14)17)10-7-9(15)5-6-12(10)16/h5-7,11,13,17H,3-4,8H2,1-2H3. The fraction of sp³-hybridized carbons (Fsp3) is 0.571. The maximum atomic E-state index is 10.1. The summed E-state index contributed by atoms with van der Waals surface area (Å²) in [7, 11) is 0. The molecule has 1 aromatic carbocycles. The molecule has 1 nitrogen and oxygen atoms in total. The third kappa shape index (κ3) is 1.99. The highest BCUT2D eigenvalue weighted by molar-refractivity contribution is 6.33. The van der Waals surface area contributed by atoms with Crippen molar-refractivity contribution in [3.8, 4) is 0 Å². The van der Waals surface area contributed by atoms with Gasteiger partial charge in [-0.25, -0.2) is 0 Å². The van der Waals surface area contributed by atoms with Crippen LogP contribution in [0.2, 0.25) is 10.0 Å². The lowest BCUT2D eigenvalue weighted by Crippen LogP contribution is -2.51. The number of aliphatic hydroxyl groups is 1. The van der Waals surface area contributed by atoms with E-state index in [1.807, 2.05) is 18.2 Å². The van der Waals surface area contributed by atoms with E-state index in [9.17, 15) is 5.11 Å². The van der Waals surface area contributed by atoms with Crippen LogP contribution >= 0.6 is 23.2 Å². The molecule has 0 bridgehead atoms. The molecule has 1 fully saturated rings. The Morgan fingerprint density at radius 2 is 1.94 bits per heavy atom. The number of hydrogen-bond acceptors (Lipinski definition) is 1. The van der Waals surface area contributed by atoms with Crippen molar-refractivity contribution in [3.05, 3.63) is 33.8 Å². The predicted octanol–water partition coefficient (Wildman–Crippen LogP) is 4.65. The van der Waals surface area contributed by atoms with E-state index in [0.717, 1.165) is 29.8 Å². The van der Waals surface area contributed by atoms with Crippen molar-refractivity contribution >= 4 is 23.2 Å². The van der Waals surface area contributed by atoms with Crippen molar-refractivity contribution in [1.29, 1.82) is 0 Å². The minimum absolute atomic E-state index is 0.0195. The number of halogens is 2. The Balaban J connectivity index is 2.38. The molecule has 1 aliphatic carbocycles. The van der Waals surface area contributed by atoms with E-state index < -0.39 is 0 Å². The fourth-order valence-corrected chi connectivity index (χ4v) is 3.63. The lowest BCUT2D eigenvalue weighted by Gasteiger charge is -2.54. The summed E-state index contributed by atoms with van der Waals surface area (Å²) in [5, 5.41) is 11.6. The summed E-state index contributed by atoms with van der Waals surface area (Å²) in [5.41, 5.74) is 1.07. The summed E-state index contributed by atoms with van der Waals surface area (Å²) < 4.78 is 0. The SMILES string of the molecule is CCC1(CC)C(O)CC1c1cc(Cl)ccc1Cl. The molecule has 0 aliphatic heterocycles. The molecular formula is C14H18Cl2O. The summed E-state index contributed by atoms with van der Waals surface area (Å²) in [6.07, 6.45) is 2.52. The van der Waals surface area contributed by atoms with Gasteiger partial charge in [0, 0.05) is 15.5 Å². The van der Waals surface area contributed by atoms with Gasteiger partial charge in [0.2, 0.25) is 0 Å². The number of aliphatic hydroxyl groups excluding tert-OH is 1. The molecule has 0 saturated heterocycles. The van der Waals surface area contributed by atoms with Crippen molar-refractivity contribution in [3.63, 3.8) is 0 Å². The van der Waals surface area contributed by atoms with Gasteiger partial charge in [0.15, 0.2) is 0 Å². The Morgan fingerprint density at radius 1 is 1.29 bits per heavy atom. The van der Waals surface area contributed by atoms with E-state index in [1.165, 1.54) is 0 Å². The lowest BCUT2D eigenvalue weighted by molar-refractivity contribution is -0.0931. The van der Waals surface area contributed by atoms with Crippen LogP contribution in [0.25, 0.3) is 0 Å². The van der Waals surface area contributed by atoms with Gasteiger partial charge in [-0.2, -0.15) is 0 Å².